The minimum atomic E-state index is -0.713. The fraction of sp³-hybridized carbons (Fsp3) is 0.0769. The van der Waals surface area contributed by atoms with Crippen molar-refractivity contribution in [3.63, 3.8) is 0 Å². The number of nitrogen functional groups attached to an aromatic ring is 1. The van der Waals surface area contributed by atoms with Gasteiger partial charge in [0.25, 0.3) is 5.91 Å². The number of benzene rings is 1. The molecular weight excluding hydrogens is 252 g/mol. The maximum absolute atomic E-state index is 13.6. The summed E-state index contributed by atoms with van der Waals surface area (Å²) < 4.78 is 26.9. The van der Waals surface area contributed by atoms with Gasteiger partial charge < -0.3 is 11.1 Å². The van der Waals surface area contributed by atoms with Crippen LogP contribution in [0.1, 0.15) is 15.9 Å². The number of halogens is 2. The predicted molar refractivity (Wildman–Crippen MR) is 67.7 cm³/mol. The number of carbonyl (C=O) groups is 1. The number of rotatable bonds is 2. The second kappa shape index (κ2) is 5.01. The summed E-state index contributed by atoms with van der Waals surface area (Å²) in [6.45, 7) is 1.43. The Morgan fingerprint density at radius 3 is 2.74 bits per heavy atom. The third-order valence-corrected chi connectivity index (χ3v) is 2.60. The van der Waals surface area contributed by atoms with Crippen molar-refractivity contribution in [2.45, 2.75) is 6.92 Å². The van der Waals surface area contributed by atoms with Gasteiger partial charge in [-0.1, -0.05) is 0 Å². The molecule has 1 aromatic carbocycles. The summed E-state index contributed by atoms with van der Waals surface area (Å²) in [5.74, 6) is -1.96. The van der Waals surface area contributed by atoms with E-state index in [0.717, 1.165) is 12.1 Å². The van der Waals surface area contributed by atoms with Crippen LogP contribution < -0.4 is 11.1 Å². The molecule has 1 amide bonds. The molecule has 1 aromatic heterocycles. The lowest BCUT2D eigenvalue weighted by atomic mass is 10.2. The number of pyridine rings is 1. The van der Waals surface area contributed by atoms with E-state index in [9.17, 15) is 13.6 Å². The molecule has 6 heteroatoms. The van der Waals surface area contributed by atoms with Crippen LogP contribution in [0.25, 0.3) is 0 Å². The Labute approximate surface area is 108 Å². The number of aromatic nitrogens is 1. The van der Waals surface area contributed by atoms with E-state index in [1.54, 1.807) is 0 Å². The Bertz CT molecular complexity index is 644. The van der Waals surface area contributed by atoms with Crippen molar-refractivity contribution < 1.29 is 13.6 Å². The molecule has 4 nitrogen and oxygen atoms in total. The fourth-order valence-corrected chi connectivity index (χ4v) is 1.53. The second-order valence-corrected chi connectivity index (χ2v) is 4.00. The lowest BCUT2D eigenvalue weighted by Gasteiger charge is -2.09. The van der Waals surface area contributed by atoms with Crippen molar-refractivity contribution in [3.8, 4) is 0 Å². The molecule has 0 atom stereocenters. The van der Waals surface area contributed by atoms with E-state index < -0.39 is 17.5 Å². The number of nitrogens with one attached hydrogen (secondary N) is 1. The highest BCUT2D eigenvalue weighted by atomic mass is 19.1. The first-order chi connectivity index (χ1) is 8.99. The van der Waals surface area contributed by atoms with Crippen LogP contribution in [0.15, 0.2) is 30.6 Å². The average Bonchev–Trinajstić information content (AvgIpc) is 2.36. The summed E-state index contributed by atoms with van der Waals surface area (Å²) in [5.41, 5.74) is 5.83. The molecule has 0 aliphatic rings. The van der Waals surface area contributed by atoms with Crippen molar-refractivity contribution in [1.82, 2.24) is 4.98 Å². The van der Waals surface area contributed by atoms with Gasteiger partial charge in [-0.15, -0.1) is 0 Å². The SMILES string of the molecule is Cc1cc(F)c(NC(=O)c2cnccc2N)cc1F. The van der Waals surface area contributed by atoms with E-state index in [1.165, 1.54) is 25.4 Å². The number of aryl methyl sites for hydroxylation is 1. The smallest absolute Gasteiger partial charge is 0.259 e. The molecule has 98 valence electrons. The third kappa shape index (κ3) is 2.67. The summed E-state index contributed by atoms with van der Waals surface area (Å²) in [6, 6.07) is 3.38. The maximum atomic E-state index is 13.6. The Morgan fingerprint density at radius 2 is 2.05 bits per heavy atom. The highest BCUT2D eigenvalue weighted by Crippen LogP contribution is 2.20. The average molecular weight is 263 g/mol. The fourth-order valence-electron chi connectivity index (χ4n) is 1.53. The second-order valence-electron chi connectivity index (χ2n) is 4.00. The van der Waals surface area contributed by atoms with Crippen molar-refractivity contribution in [2.75, 3.05) is 11.1 Å². The summed E-state index contributed by atoms with van der Waals surface area (Å²) in [4.78, 5) is 15.6. The first-order valence-electron chi connectivity index (χ1n) is 5.45. The van der Waals surface area contributed by atoms with Gasteiger partial charge in [-0.25, -0.2) is 8.78 Å². The summed E-state index contributed by atoms with van der Waals surface area (Å²) in [6.07, 6.45) is 2.69. The largest absolute Gasteiger partial charge is 0.398 e. The van der Waals surface area contributed by atoms with Crippen LogP contribution in [0, 0.1) is 18.6 Å². The number of nitrogens with two attached hydrogens (primary N) is 1. The number of amides is 1. The molecule has 0 saturated heterocycles. The number of anilines is 2. The molecule has 0 bridgehead atoms. The molecule has 3 N–H and O–H groups in total. The highest BCUT2D eigenvalue weighted by Gasteiger charge is 2.14. The summed E-state index contributed by atoms with van der Waals surface area (Å²) in [5, 5.41) is 2.26. The molecule has 0 unspecified atom stereocenters. The molecule has 2 rings (SSSR count). The van der Waals surface area contributed by atoms with Crippen LogP contribution >= 0.6 is 0 Å². The monoisotopic (exact) mass is 263 g/mol. The zero-order chi connectivity index (χ0) is 14.0. The molecule has 0 aliphatic heterocycles. The van der Waals surface area contributed by atoms with E-state index in [2.05, 4.69) is 10.3 Å². The molecule has 2 aromatic rings. The minimum absolute atomic E-state index is 0.0999. The van der Waals surface area contributed by atoms with Gasteiger partial charge >= 0.3 is 0 Å². The first kappa shape index (κ1) is 12.9. The summed E-state index contributed by atoms with van der Waals surface area (Å²) in [7, 11) is 0. The lowest BCUT2D eigenvalue weighted by molar-refractivity contribution is 0.102. The van der Waals surface area contributed by atoms with Gasteiger partial charge in [0.15, 0.2) is 0 Å². The molecular formula is C13H11F2N3O. The Balaban J connectivity index is 2.30. The van der Waals surface area contributed by atoms with Gasteiger partial charge in [0.05, 0.1) is 11.3 Å². The third-order valence-electron chi connectivity index (χ3n) is 2.60. The van der Waals surface area contributed by atoms with Crippen LogP contribution in [0.3, 0.4) is 0 Å². The lowest BCUT2D eigenvalue weighted by Crippen LogP contribution is -2.15. The minimum Gasteiger partial charge on any atom is -0.398 e. The molecule has 1 heterocycles. The van der Waals surface area contributed by atoms with E-state index in [4.69, 9.17) is 5.73 Å². The Morgan fingerprint density at radius 1 is 1.32 bits per heavy atom. The van der Waals surface area contributed by atoms with Crippen LogP contribution in [0.4, 0.5) is 20.2 Å². The van der Waals surface area contributed by atoms with Crippen LogP contribution in [0.5, 0.6) is 0 Å². The van der Waals surface area contributed by atoms with E-state index >= 15 is 0 Å². The van der Waals surface area contributed by atoms with Crippen LogP contribution in [0.2, 0.25) is 0 Å². The van der Waals surface area contributed by atoms with Gasteiger partial charge in [-0.05, 0) is 24.6 Å². The Hall–Kier alpha value is -2.50. The molecule has 0 radical (unpaired) electrons. The Kier molecular flexibility index (Phi) is 3.41. The van der Waals surface area contributed by atoms with Crippen molar-refractivity contribution in [1.29, 1.82) is 0 Å². The number of carbonyl (C=O) groups excluding carboxylic acids is 1. The van der Waals surface area contributed by atoms with E-state index in [1.807, 2.05) is 0 Å². The standard InChI is InChI=1S/C13H11F2N3O/c1-7-4-10(15)12(5-9(7)14)18-13(19)8-6-17-3-2-11(8)16/h2-6H,1H3,(H2,16,17)(H,18,19). The zero-order valence-corrected chi connectivity index (χ0v) is 10.1. The molecule has 0 saturated carbocycles. The van der Waals surface area contributed by atoms with E-state index in [0.29, 0.717) is 0 Å². The quantitative estimate of drug-likeness (QED) is 0.874. The van der Waals surface area contributed by atoms with Gasteiger partial charge in [-0.3, -0.25) is 9.78 Å². The van der Waals surface area contributed by atoms with Crippen LogP contribution in [-0.4, -0.2) is 10.9 Å². The van der Waals surface area contributed by atoms with Crippen molar-refractivity contribution in [2.24, 2.45) is 0 Å². The molecule has 0 fully saturated rings. The number of hydrogen-bond acceptors (Lipinski definition) is 3. The van der Waals surface area contributed by atoms with Crippen molar-refractivity contribution in [3.05, 3.63) is 53.4 Å². The molecule has 0 spiro atoms. The number of nitrogens with zero attached hydrogens (tertiary/aromatic N) is 1. The summed E-state index contributed by atoms with van der Waals surface area (Å²) >= 11 is 0. The van der Waals surface area contributed by atoms with E-state index in [-0.39, 0.29) is 22.5 Å². The van der Waals surface area contributed by atoms with Gasteiger partial charge in [0.2, 0.25) is 0 Å². The van der Waals surface area contributed by atoms with Crippen LogP contribution in [-0.2, 0) is 0 Å². The normalized spacial score (nSPS) is 10.3. The molecule has 0 aliphatic carbocycles. The van der Waals surface area contributed by atoms with Gasteiger partial charge in [-0.2, -0.15) is 0 Å². The molecule has 19 heavy (non-hydrogen) atoms. The maximum Gasteiger partial charge on any atom is 0.259 e. The number of hydrogen-bond donors (Lipinski definition) is 2. The van der Waals surface area contributed by atoms with Gasteiger partial charge in [0.1, 0.15) is 11.6 Å². The zero-order valence-electron chi connectivity index (χ0n) is 10.1. The highest BCUT2D eigenvalue weighted by molar-refractivity contribution is 6.07. The predicted octanol–water partition coefficient (Wildman–Crippen LogP) is 2.50. The van der Waals surface area contributed by atoms with Gasteiger partial charge in [0, 0.05) is 24.1 Å². The first-order valence-corrected chi connectivity index (χ1v) is 5.45. The van der Waals surface area contributed by atoms with Crippen molar-refractivity contribution >= 4 is 17.3 Å². The topological polar surface area (TPSA) is 68.0 Å².